The largest absolute Gasteiger partial charge is 0.352 e. The molecule has 0 aliphatic heterocycles. The molecule has 4 nitrogen and oxygen atoms in total. The Bertz CT molecular complexity index is 840. The van der Waals surface area contributed by atoms with Crippen LogP contribution in [0.3, 0.4) is 0 Å². The van der Waals surface area contributed by atoms with Crippen molar-refractivity contribution in [3.8, 4) is 10.6 Å². The number of aromatic amines is 1. The fourth-order valence-corrected chi connectivity index (χ4v) is 3.02. The molecule has 2 heterocycles. The number of aromatic nitrogens is 2. The number of nitrogens with zero attached hydrogens (tertiary/aromatic N) is 1. The van der Waals surface area contributed by atoms with Crippen molar-refractivity contribution in [2.45, 2.75) is 6.54 Å². The van der Waals surface area contributed by atoms with E-state index in [0.29, 0.717) is 16.7 Å². The first-order chi connectivity index (χ1) is 10.7. The van der Waals surface area contributed by atoms with E-state index in [1.165, 1.54) is 0 Å². The standard InChI is InChI=1S/C16H13N3OS2/c20-14(13-7-4-8-17-15(13)21)18-9-12-10-22-16(19-12)11-5-2-1-3-6-11/h1-8,10H,9H2,(H,17,21)(H,18,20). The highest BCUT2D eigenvalue weighted by molar-refractivity contribution is 7.71. The summed E-state index contributed by atoms with van der Waals surface area (Å²) in [5, 5.41) is 5.74. The molecule has 0 aliphatic rings. The van der Waals surface area contributed by atoms with Gasteiger partial charge in [0.05, 0.1) is 17.8 Å². The minimum atomic E-state index is -0.198. The normalized spacial score (nSPS) is 10.4. The first-order valence-corrected chi connectivity index (χ1v) is 7.98. The number of carbonyl (C=O) groups excluding carboxylic acids is 1. The van der Waals surface area contributed by atoms with Crippen LogP contribution >= 0.6 is 23.6 Å². The van der Waals surface area contributed by atoms with Gasteiger partial charge in [-0.2, -0.15) is 0 Å². The molecule has 0 aliphatic carbocycles. The Labute approximate surface area is 136 Å². The fourth-order valence-electron chi connectivity index (χ4n) is 1.97. The van der Waals surface area contributed by atoms with Gasteiger partial charge in [0.15, 0.2) is 0 Å². The van der Waals surface area contributed by atoms with Crippen molar-refractivity contribution >= 4 is 29.5 Å². The average Bonchev–Trinajstić information content (AvgIpc) is 3.03. The molecule has 2 aromatic heterocycles. The summed E-state index contributed by atoms with van der Waals surface area (Å²) >= 11 is 6.66. The maximum absolute atomic E-state index is 12.1. The number of H-pyrrole nitrogens is 1. The van der Waals surface area contributed by atoms with Gasteiger partial charge in [-0.05, 0) is 12.1 Å². The lowest BCUT2D eigenvalue weighted by Gasteiger charge is -2.03. The molecule has 0 atom stereocenters. The summed E-state index contributed by atoms with van der Waals surface area (Å²) in [6.07, 6.45) is 1.70. The monoisotopic (exact) mass is 327 g/mol. The van der Waals surface area contributed by atoms with E-state index in [4.69, 9.17) is 12.2 Å². The molecule has 0 fully saturated rings. The van der Waals surface area contributed by atoms with Crippen LogP contribution in [0.2, 0.25) is 0 Å². The first kappa shape index (κ1) is 14.6. The highest BCUT2D eigenvalue weighted by Crippen LogP contribution is 2.23. The molecule has 0 unspecified atom stereocenters. The number of hydrogen-bond acceptors (Lipinski definition) is 4. The maximum Gasteiger partial charge on any atom is 0.254 e. The molecule has 0 radical (unpaired) electrons. The molecule has 6 heteroatoms. The van der Waals surface area contributed by atoms with Crippen LogP contribution in [0.25, 0.3) is 10.6 Å². The predicted octanol–water partition coefficient (Wildman–Crippen LogP) is 3.80. The molecule has 0 spiro atoms. The van der Waals surface area contributed by atoms with Crippen LogP contribution in [-0.2, 0) is 6.54 Å². The van der Waals surface area contributed by atoms with Crippen LogP contribution in [-0.4, -0.2) is 15.9 Å². The van der Waals surface area contributed by atoms with E-state index in [-0.39, 0.29) is 5.91 Å². The van der Waals surface area contributed by atoms with Crippen LogP contribution in [0.5, 0.6) is 0 Å². The van der Waals surface area contributed by atoms with Crippen LogP contribution in [0.15, 0.2) is 54.0 Å². The van der Waals surface area contributed by atoms with Gasteiger partial charge in [0, 0.05) is 17.1 Å². The van der Waals surface area contributed by atoms with Crippen molar-refractivity contribution in [2.24, 2.45) is 0 Å². The van der Waals surface area contributed by atoms with E-state index in [1.807, 2.05) is 35.7 Å². The lowest BCUT2D eigenvalue weighted by molar-refractivity contribution is 0.0949. The Morgan fingerprint density at radius 3 is 2.82 bits per heavy atom. The van der Waals surface area contributed by atoms with E-state index >= 15 is 0 Å². The minimum absolute atomic E-state index is 0.198. The second-order valence-electron chi connectivity index (χ2n) is 4.61. The molecule has 1 aromatic carbocycles. The van der Waals surface area contributed by atoms with Crippen LogP contribution in [0.4, 0.5) is 0 Å². The zero-order valence-corrected chi connectivity index (χ0v) is 13.2. The van der Waals surface area contributed by atoms with Crippen molar-refractivity contribution in [3.05, 3.63) is 69.9 Å². The van der Waals surface area contributed by atoms with Crippen LogP contribution in [0.1, 0.15) is 16.1 Å². The van der Waals surface area contributed by atoms with Gasteiger partial charge in [0.25, 0.3) is 5.91 Å². The third-order valence-electron chi connectivity index (χ3n) is 3.07. The summed E-state index contributed by atoms with van der Waals surface area (Å²) in [5.74, 6) is -0.198. The summed E-state index contributed by atoms with van der Waals surface area (Å²) in [6, 6.07) is 13.4. The average molecular weight is 327 g/mol. The second kappa shape index (κ2) is 6.64. The van der Waals surface area contributed by atoms with Crippen molar-refractivity contribution in [1.82, 2.24) is 15.3 Å². The molecule has 110 valence electrons. The van der Waals surface area contributed by atoms with Crippen molar-refractivity contribution in [1.29, 1.82) is 0 Å². The smallest absolute Gasteiger partial charge is 0.254 e. The van der Waals surface area contributed by atoms with Gasteiger partial charge in [-0.15, -0.1) is 11.3 Å². The molecule has 3 rings (SSSR count). The van der Waals surface area contributed by atoms with Gasteiger partial charge in [0.1, 0.15) is 9.65 Å². The second-order valence-corrected chi connectivity index (χ2v) is 5.87. The number of thiazole rings is 1. The molecule has 1 amide bonds. The molecule has 3 aromatic rings. The lowest BCUT2D eigenvalue weighted by atomic mass is 10.2. The van der Waals surface area contributed by atoms with Crippen molar-refractivity contribution in [2.75, 3.05) is 0 Å². The van der Waals surface area contributed by atoms with Crippen molar-refractivity contribution in [3.63, 3.8) is 0 Å². The molecular formula is C16H13N3OS2. The zero-order valence-electron chi connectivity index (χ0n) is 11.6. The Kier molecular flexibility index (Phi) is 4.41. The number of benzene rings is 1. The predicted molar refractivity (Wildman–Crippen MR) is 90.3 cm³/mol. The topological polar surface area (TPSA) is 57.8 Å². The number of pyridine rings is 1. The van der Waals surface area contributed by atoms with E-state index in [9.17, 15) is 4.79 Å². The van der Waals surface area contributed by atoms with E-state index in [0.717, 1.165) is 16.3 Å². The highest BCUT2D eigenvalue weighted by atomic mass is 32.1. The van der Waals surface area contributed by atoms with E-state index in [1.54, 1.807) is 29.7 Å². The van der Waals surface area contributed by atoms with E-state index < -0.39 is 0 Å². The van der Waals surface area contributed by atoms with E-state index in [2.05, 4.69) is 15.3 Å². The first-order valence-electron chi connectivity index (χ1n) is 6.70. The molecule has 0 saturated heterocycles. The SMILES string of the molecule is O=C(NCc1csc(-c2ccccc2)n1)c1ccc[nH]c1=S. The third-order valence-corrected chi connectivity index (χ3v) is 4.34. The summed E-state index contributed by atoms with van der Waals surface area (Å²) < 4.78 is 0.434. The van der Waals surface area contributed by atoms with Crippen LogP contribution in [0, 0.1) is 4.64 Å². The van der Waals surface area contributed by atoms with Gasteiger partial charge in [-0.1, -0.05) is 42.5 Å². The number of amides is 1. The number of hydrogen-bond donors (Lipinski definition) is 2. The van der Waals surface area contributed by atoms with Gasteiger partial charge >= 0.3 is 0 Å². The minimum Gasteiger partial charge on any atom is -0.352 e. The molecule has 0 bridgehead atoms. The third kappa shape index (κ3) is 3.29. The molecule has 0 saturated carbocycles. The number of rotatable bonds is 4. The Hall–Kier alpha value is -2.31. The quantitative estimate of drug-likeness (QED) is 0.717. The maximum atomic E-state index is 12.1. The van der Waals surface area contributed by atoms with Crippen LogP contribution < -0.4 is 5.32 Å². The number of nitrogens with one attached hydrogen (secondary N) is 2. The van der Waals surface area contributed by atoms with Gasteiger partial charge < -0.3 is 10.3 Å². The van der Waals surface area contributed by atoms with Gasteiger partial charge in [-0.3, -0.25) is 4.79 Å². The molecular weight excluding hydrogens is 314 g/mol. The number of carbonyl (C=O) groups is 1. The molecule has 22 heavy (non-hydrogen) atoms. The lowest BCUT2D eigenvalue weighted by Crippen LogP contribution is -2.23. The highest BCUT2D eigenvalue weighted by Gasteiger charge is 2.09. The summed E-state index contributed by atoms with van der Waals surface area (Å²) in [4.78, 5) is 19.5. The summed E-state index contributed by atoms with van der Waals surface area (Å²) in [7, 11) is 0. The van der Waals surface area contributed by atoms with Gasteiger partial charge in [0.2, 0.25) is 0 Å². The Morgan fingerprint density at radius 2 is 2.05 bits per heavy atom. The van der Waals surface area contributed by atoms with Crippen molar-refractivity contribution < 1.29 is 4.79 Å². The summed E-state index contributed by atoms with van der Waals surface area (Å²) in [5.41, 5.74) is 2.38. The molecule has 2 N–H and O–H groups in total. The Balaban J connectivity index is 1.68. The fraction of sp³-hybridized carbons (Fsp3) is 0.0625. The van der Waals surface area contributed by atoms with Gasteiger partial charge in [-0.25, -0.2) is 4.98 Å². The summed E-state index contributed by atoms with van der Waals surface area (Å²) in [6.45, 7) is 0.381. The Morgan fingerprint density at radius 1 is 1.23 bits per heavy atom. The zero-order chi connectivity index (χ0) is 15.4.